The van der Waals surface area contributed by atoms with Crippen molar-refractivity contribution in [2.75, 3.05) is 13.7 Å². The maximum Gasteiger partial charge on any atom is 0.408 e. The fourth-order valence-corrected chi connectivity index (χ4v) is 5.00. The monoisotopic (exact) mass is 634 g/mol. The summed E-state index contributed by atoms with van der Waals surface area (Å²) in [5.74, 6) is 1.52. The van der Waals surface area contributed by atoms with Crippen LogP contribution in [0, 0.1) is 0 Å². The Balaban J connectivity index is 1.53. The molecule has 1 N–H and O–H groups in total. The first-order chi connectivity index (χ1) is 18.3. The van der Waals surface area contributed by atoms with Crippen LogP contribution in [0.25, 0.3) is 0 Å². The molecule has 3 aromatic carbocycles. The molecule has 1 atom stereocenters. The number of alkyl carbamates (subject to hydrolysis) is 1. The Labute approximate surface area is 246 Å². The van der Waals surface area contributed by atoms with Crippen LogP contribution in [0.4, 0.5) is 4.79 Å². The quantitative estimate of drug-likeness (QED) is 0.305. The molecule has 0 spiro atoms. The standard InChI is InChI=1S/C29H29BrCl2N2O5/c1-28(2,3)39-27(36)33-29(15-18-7-5-6-8-25(18)37-17-29)26(35)34(4)16-19-9-10-20(13-22(19)30)38-21-11-12-23(31)24(32)14-21/h5-14H,15-17H2,1-4H3,(H,33,36). The fraction of sp³-hybridized carbons (Fsp3) is 0.310. The predicted octanol–water partition coefficient (Wildman–Crippen LogP) is 7.41. The maximum absolute atomic E-state index is 13.9. The number of likely N-dealkylation sites (N-methyl/N-ethyl adjacent to an activating group) is 1. The molecule has 1 heterocycles. The summed E-state index contributed by atoms with van der Waals surface area (Å²) in [6.07, 6.45) is -0.416. The number of para-hydroxylation sites is 1. The number of hydrogen-bond acceptors (Lipinski definition) is 5. The average Bonchev–Trinajstić information content (AvgIpc) is 2.86. The van der Waals surface area contributed by atoms with Crippen molar-refractivity contribution in [1.29, 1.82) is 0 Å². The van der Waals surface area contributed by atoms with Gasteiger partial charge in [-0.2, -0.15) is 0 Å². The van der Waals surface area contributed by atoms with E-state index in [1.807, 2.05) is 36.4 Å². The van der Waals surface area contributed by atoms with Crippen LogP contribution in [-0.2, 0) is 22.5 Å². The van der Waals surface area contributed by atoms with Gasteiger partial charge in [0.1, 0.15) is 29.5 Å². The number of hydrogen-bond donors (Lipinski definition) is 1. The Kier molecular flexibility index (Phi) is 8.69. The van der Waals surface area contributed by atoms with Crippen molar-refractivity contribution < 1.29 is 23.8 Å². The van der Waals surface area contributed by atoms with Crippen LogP contribution in [0.1, 0.15) is 31.9 Å². The molecule has 39 heavy (non-hydrogen) atoms. The van der Waals surface area contributed by atoms with Crippen molar-refractivity contribution in [1.82, 2.24) is 10.2 Å². The lowest BCUT2D eigenvalue weighted by Crippen LogP contribution is -2.65. The van der Waals surface area contributed by atoms with Crippen LogP contribution in [0.2, 0.25) is 10.0 Å². The Bertz CT molecular complexity index is 1390. The molecule has 0 bridgehead atoms. The van der Waals surface area contributed by atoms with Crippen molar-refractivity contribution >= 4 is 51.1 Å². The van der Waals surface area contributed by atoms with Gasteiger partial charge in [0, 0.05) is 30.6 Å². The van der Waals surface area contributed by atoms with Crippen LogP contribution in [0.5, 0.6) is 17.2 Å². The molecule has 0 radical (unpaired) electrons. The first-order valence-corrected chi connectivity index (χ1v) is 13.8. The Morgan fingerprint density at radius 1 is 1.05 bits per heavy atom. The van der Waals surface area contributed by atoms with Gasteiger partial charge >= 0.3 is 6.09 Å². The summed E-state index contributed by atoms with van der Waals surface area (Å²) < 4.78 is 18.1. The van der Waals surface area contributed by atoms with Gasteiger partial charge in [-0.05, 0) is 62.2 Å². The van der Waals surface area contributed by atoms with E-state index in [0.29, 0.717) is 27.3 Å². The number of nitrogens with one attached hydrogen (secondary N) is 1. The molecule has 4 rings (SSSR count). The van der Waals surface area contributed by atoms with E-state index in [2.05, 4.69) is 21.2 Å². The van der Waals surface area contributed by atoms with Gasteiger partial charge in [-0.1, -0.05) is 63.4 Å². The minimum Gasteiger partial charge on any atom is -0.490 e. The molecular formula is C29H29BrCl2N2O5. The number of benzene rings is 3. The predicted molar refractivity (Wildman–Crippen MR) is 155 cm³/mol. The third-order valence-corrected chi connectivity index (χ3v) is 7.47. The minimum absolute atomic E-state index is 0.0238. The lowest BCUT2D eigenvalue weighted by molar-refractivity contribution is -0.139. The Morgan fingerprint density at radius 3 is 2.44 bits per heavy atom. The summed E-state index contributed by atoms with van der Waals surface area (Å²) in [7, 11) is 1.69. The van der Waals surface area contributed by atoms with Gasteiger partial charge in [-0.25, -0.2) is 4.79 Å². The van der Waals surface area contributed by atoms with Crippen molar-refractivity contribution in [3.05, 3.63) is 86.3 Å². The molecule has 0 fully saturated rings. The van der Waals surface area contributed by atoms with Gasteiger partial charge in [0.15, 0.2) is 5.54 Å². The Hall–Kier alpha value is -2.94. The van der Waals surface area contributed by atoms with E-state index in [9.17, 15) is 9.59 Å². The molecule has 0 saturated carbocycles. The van der Waals surface area contributed by atoms with E-state index < -0.39 is 17.2 Å². The molecule has 0 aromatic heterocycles. The smallest absolute Gasteiger partial charge is 0.408 e. The second kappa shape index (κ2) is 11.7. The fourth-order valence-electron chi connectivity index (χ4n) is 4.23. The van der Waals surface area contributed by atoms with Crippen molar-refractivity contribution in [3.8, 4) is 17.2 Å². The number of ether oxygens (including phenoxy) is 3. The van der Waals surface area contributed by atoms with E-state index in [1.54, 1.807) is 57.0 Å². The zero-order valence-electron chi connectivity index (χ0n) is 22.0. The zero-order valence-corrected chi connectivity index (χ0v) is 25.1. The highest BCUT2D eigenvalue weighted by Gasteiger charge is 2.46. The van der Waals surface area contributed by atoms with Crippen LogP contribution in [0.3, 0.4) is 0 Å². The molecule has 206 valence electrons. The summed E-state index contributed by atoms with van der Waals surface area (Å²) in [4.78, 5) is 28.3. The third kappa shape index (κ3) is 7.18. The molecule has 1 aliphatic heterocycles. The Morgan fingerprint density at radius 2 is 1.74 bits per heavy atom. The topological polar surface area (TPSA) is 77.1 Å². The van der Waals surface area contributed by atoms with E-state index in [4.69, 9.17) is 37.4 Å². The summed E-state index contributed by atoms with van der Waals surface area (Å²) in [5.41, 5.74) is -0.391. The van der Waals surface area contributed by atoms with Gasteiger partial charge in [-0.15, -0.1) is 0 Å². The van der Waals surface area contributed by atoms with Gasteiger partial charge in [0.05, 0.1) is 10.0 Å². The molecule has 2 amide bonds. The van der Waals surface area contributed by atoms with Crippen molar-refractivity contribution in [2.45, 2.75) is 44.9 Å². The van der Waals surface area contributed by atoms with Crippen LogP contribution in [0.15, 0.2) is 65.1 Å². The first-order valence-electron chi connectivity index (χ1n) is 12.2. The number of rotatable bonds is 6. The second-order valence-electron chi connectivity index (χ2n) is 10.4. The van der Waals surface area contributed by atoms with Crippen LogP contribution in [-0.4, -0.2) is 41.7 Å². The molecule has 7 nitrogen and oxygen atoms in total. The van der Waals surface area contributed by atoms with E-state index >= 15 is 0 Å². The molecular weight excluding hydrogens is 607 g/mol. The molecule has 3 aromatic rings. The second-order valence-corrected chi connectivity index (χ2v) is 12.0. The number of carbonyl (C=O) groups excluding carboxylic acids is 2. The zero-order chi connectivity index (χ0) is 28.4. The number of nitrogens with zero attached hydrogens (tertiary/aromatic N) is 1. The highest BCUT2D eigenvalue weighted by molar-refractivity contribution is 9.10. The summed E-state index contributed by atoms with van der Waals surface area (Å²) in [6, 6.07) is 18.0. The van der Waals surface area contributed by atoms with Crippen molar-refractivity contribution in [3.63, 3.8) is 0 Å². The third-order valence-electron chi connectivity index (χ3n) is 5.99. The molecule has 1 aliphatic rings. The van der Waals surface area contributed by atoms with Crippen LogP contribution >= 0.6 is 39.1 Å². The summed E-state index contributed by atoms with van der Waals surface area (Å²) in [5, 5.41) is 3.67. The summed E-state index contributed by atoms with van der Waals surface area (Å²) in [6.45, 7) is 5.56. The van der Waals surface area contributed by atoms with E-state index in [-0.39, 0.29) is 25.5 Å². The van der Waals surface area contributed by atoms with Gasteiger partial charge < -0.3 is 24.4 Å². The normalized spacial score (nSPS) is 16.5. The lowest BCUT2D eigenvalue weighted by atomic mass is 9.87. The molecule has 0 saturated heterocycles. The average molecular weight is 636 g/mol. The van der Waals surface area contributed by atoms with Crippen LogP contribution < -0.4 is 14.8 Å². The first kappa shape index (κ1) is 29.1. The number of amides is 2. The summed E-state index contributed by atoms with van der Waals surface area (Å²) >= 11 is 15.7. The molecule has 10 heteroatoms. The number of carbonyl (C=O) groups is 2. The molecule has 0 aliphatic carbocycles. The maximum atomic E-state index is 13.9. The lowest BCUT2D eigenvalue weighted by Gasteiger charge is -2.39. The number of fused-ring (bicyclic) bond motifs is 1. The van der Waals surface area contributed by atoms with Gasteiger partial charge in [0.25, 0.3) is 5.91 Å². The van der Waals surface area contributed by atoms with E-state index in [0.717, 1.165) is 15.6 Å². The van der Waals surface area contributed by atoms with Gasteiger partial charge in [0.2, 0.25) is 0 Å². The SMILES string of the molecule is CN(Cc1ccc(Oc2ccc(Cl)c(Cl)c2)cc1Br)C(=O)C1(NC(=O)OC(C)(C)C)COc2ccccc2C1. The number of halogens is 3. The van der Waals surface area contributed by atoms with E-state index in [1.165, 1.54) is 0 Å². The largest absolute Gasteiger partial charge is 0.490 e. The van der Waals surface area contributed by atoms with Gasteiger partial charge in [-0.3, -0.25) is 4.79 Å². The minimum atomic E-state index is -1.34. The van der Waals surface area contributed by atoms with Crippen molar-refractivity contribution in [2.24, 2.45) is 0 Å². The molecule has 1 unspecified atom stereocenters. The highest BCUT2D eigenvalue weighted by Crippen LogP contribution is 2.33. The highest BCUT2D eigenvalue weighted by atomic mass is 79.9.